The van der Waals surface area contributed by atoms with Gasteiger partial charge in [-0.05, 0) is 19.1 Å². The average molecular weight is 356 g/mol. The van der Waals surface area contributed by atoms with E-state index in [9.17, 15) is 9.59 Å². The zero-order valence-electron chi connectivity index (χ0n) is 15.2. The van der Waals surface area contributed by atoms with Crippen molar-refractivity contribution in [1.82, 2.24) is 10.1 Å². The van der Waals surface area contributed by atoms with E-state index in [1.54, 1.807) is 13.0 Å². The first kappa shape index (κ1) is 18.0. The van der Waals surface area contributed by atoms with Crippen LogP contribution in [0.4, 0.5) is 11.5 Å². The molecule has 1 fully saturated rings. The molecule has 1 aromatic carbocycles. The van der Waals surface area contributed by atoms with Gasteiger partial charge in [0.15, 0.2) is 5.82 Å². The molecule has 0 radical (unpaired) electrons. The molecular weight excluding hydrogens is 332 g/mol. The zero-order valence-corrected chi connectivity index (χ0v) is 15.2. The molecule has 0 aliphatic carbocycles. The summed E-state index contributed by atoms with van der Waals surface area (Å²) in [6.45, 7) is 6.55. The molecule has 1 aliphatic heterocycles. The van der Waals surface area contributed by atoms with Crippen LogP contribution in [-0.2, 0) is 9.59 Å². The fraction of sp³-hybridized carbons (Fsp3) is 0.421. The Balaban J connectivity index is 1.51. The van der Waals surface area contributed by atoms with Crippen molar-refractivity contribution in [2.75, 3.05) is 42.5 Å². The molecule has 3 rings (SSSR count). The first-order chi connectivity index (χ1) is 12.5. The summed E-state index contributed by atoms with van der Waals surface area (Å²) in [7, 11) is 0. The minimum atomic E-state index is -0.153. The fourth-order valence-electron chi connectivity index (χ4n) is 3.13. The predicted octanol–water partition coefficient (Wildman–Crippen LogP) is 2.07. The van der Waals surface area contributed by atoms with Gasteiger partial charge in [-0.15, -0.1) is 0 Å². The van der Waals surface area contributed by atoms with Gasteiger partial charge in [0.1, 0.15) is 5.76 Å². The number of piperazine rings is 1. The number of para-hydroxylation sites is 1. The van der Waals surface area contributed by atoms with Gasteiger partial charge in [0.25, 0.3) is 0 Å². The van der Waals surface area contributed by atoms with Gasteiger partial charge in [-0.3, -0.25) is 14.5 Å². The van der Waals surface area contributed by atoms with Gasteiger partial charge >= 0.3 is 0 Å². The number of hydrogen-bond donors (Lipinski definition) is 0. The lowest BCUT2D eigenvalue weighted by atomic mass is 10.2. The van der Waals surface area contributed by atoms with Crippen LogP contribution in [0.2, 0.25) is 0 Å². The SMILES string of the molecule is CC(=O)N(CCC(=O)N1CCN(c2ccccc2)CC1)c1cc(C)on1. The van der Waals surface area contributed by atoms with Gasteiger partial charge in [-0.2, -0.15) is 0 Å². The van der Waals surface area contributed by atoms with Crippen molar-refractivity contribution >= 4 is 23.3 Å². The van der Waals surface area contributed by atoms with Crippen LogP contribution < -0.4 is 9.80 Å². The first-order valence-corrected chi connectivity index (χ1v) is 8.84. The molecule has 0 N–H and O–H groups in total. The van der Waals surface area contributed by atoms with E-state index in [0.717, 1.165) is 13.1 Å². The Hall–Kier alpha value is -2.83. The lowest BCUT2D eigenvalue weighted by Crippen LogP contribution is -2.49. The van der Waals surface area contributed by atoms with Crippen LogP contribution in [0, 0.1) is 6.92 Å². The highest BCUT2D eigenvalue weighted by molar-refractivity contribution is 5.91. The van der Waals surface area contributed by atoms with Gasteiger partial charge in [0.2, 0.25) is 11.8 Å². The Morgan fingerprint density at radius 2 is 1.85 bits per heavy atom. The number of anilines is 2. The molecular formula is C19H24N4O3. The lowest BCUT2D eigenvalue weighted by molar-refractivity contribution is -0.131. The minimum absolute atomic E-state index is 0.0594. The number of carbonyl (C=O) groups excluding carboxylic acids is 2. The molecule has 2 amide bonds. The zero-order chi connectivity index (χ0) is 18.5. The van der Waals surface area contributed by atoms with Crippen molar-refractivity contribution in [3.8, 4) is 0 Å². The standard InChI is InChI=1S/C19H24N4O3/c1-15-14-18(20-26-15)23(16(2)24)9-8-19(25)22-12-10-21(11-13-22)17-6-4-3-5-7-17/h3-7,14H,8-13H2,1-2H3. The predicted molar refractivity (Wildman–Crippen MR) is 99.1 cm³/mol. The number of hydrogen-bond acceptors (Lipinski definition) is 5. The number of rotatable bonds is 5. The van der Waals surface area contributed by atoms with E-state index < -0.39 is 0 Å². The third-order valence-electron chi connectivity index (χ3n) is 4.58. The van der Waals surface area contributed by atoms with Gasteiger partial charge in [-0.25, -0.2) is 0 Å². The van der Waals surface area contributed by atoms with Crippen molar-refractivity contribution in [3.05, 3.63) is 42.2 Å². The monoisotopic (exact) mass is 356 g/mol. The quantitative estimate of drug-likeness (QED) is 0.820. The molecule has 2 heterocycles. The van der Waals surface area contributed by atoms with E-state index in [-0.39, 0.29) is 18.2 Å². The Bertz CT molecular complexity index is 751. The third-order valence-corrected chi connectivity index (χ3v) is 4.58. The van der Waals surface area contributed by atoms with E-state index in [2.05, 4.69) is 22.2 Å². The molecule has 0 atom stereocenters. The number of amides is 2. The van der Waals surface area contributed by atoms with E-state index in [1.165, 1.54) is 17.5 Å². The summed E-state index contributed by atoms with van der Waals surface area (Å²) in [5, 5.41) is 3.87. The van der Waals surface area contributed by atoms with Crippen molar-refractivity contribution in [2.24, 2.45) is 0 Å². The molecule has 26 heavy (non-hydrogen) atoms. The van der Waals surface area contributed by atoms with Crippen molar-refractivity contribution < 1.29 is 14.1 Å². The van der Waals surface area contributed by atoms with Gasteiger partial charge < -0.3 is 14.3 Å². The highest BCUT2D eigenvalue weighted by Crippen LogP contribution is 2.17. The Kier molecular flexibility index (Phi) is 5.55. The third kappa shape index (κ3) is 4.22. The van der Waals surface area contributed by atoms with Crippen LogP contribution in [0.3, 0.4) is 0 Å². The van der Waals surface area contributed by atoms with Gasteiger partial charge in [0, 0.05) is 57.8 Å². The Labute approximate surface area is 153 Å². The maximum absolute atomic E-state index is 12.5. The highest BCUT2D eigenvalue weighted by Gasteiger charge is 2.23. The van der Waals surface area contributed by atoms with Crippen LogP contribution >= 0.6 is 0 Å². The second kappa shape index (κ2) is 8.03. The number of nitrogens with zero attached hydrogens (tertiary/aromatic N) is 4. The molecule has 7 heteroatoms. The van der Waals surface area contributed by atoms with E-state index >= 15 is 0 Å². The second-order valence-electron chi connectivity index (χ2n) is 6.42. The smallest absolute Gasteiger partial charge is 0.225 e. The molecule has 0 unspecified atom stereocenters. The topological polar surface area (TPSA) is 69.9 Å². The maximum Gasteiger partial charge on any atom is 0.225 e. The largest absolute Gasteiger partial charge is 0.368 e. The lowest BCUT2D eigenvalue weighted by Gasteiger charge is -2.36. The van der Waals surface area contributed by atoms with E-state index in [4.69, 9.17) is 4.52 Å². The molecule has 1 aromatic heterocycles. The minimum Gasteiger partial charge on any atom is -0.368 e. The molecule has 7 nitrogen and oxygen atoms in total. The summed E-state index contributed by atoms with van der Waals surface area (Å²) in [5.74, 6) is 0.996. The van der Waals surface area contributed by atoms with Crippen molar-refractivity contribution in [3.63, 3.8) is 0 Å². The first-order valence-electron chi connectivity index (χ1n) is 8.84. The van der Waals surface area contributed by atoms with Crippen LogP contribution in [0.5, 0.6) is 0 Å². The summed E-state index contributed by atoms with van der Waals surface area (Å²) < 4.78 is 5.03. The summed E-state index contributed by atoms with van der Waals surface area (Å²) in [6, 6.07) is 11.9. The molecule has 0 spiro atoms. The molecule has 138 valence electrons. The maximum atomic E-state index is 12.5. The van der Waals surface area contributed by atoms with Gasteiger partial charge in [0.05, 0.1) is 0 Å². The summed E-state index contributed by atoms with van der Waals surface area (Å²) in [6.07, 6.45) is 0.275. The van der Waals surface area contributed by atoms with Crippen molar-refractivity contribution in [2.45, 2.75) is 20.3 Å². The average Bonchev–Trinajstić information content (AvgIpc) is 3.08. The van der Waals surface area contributed by atoms with E-state index in [0.29, 0.717) is 31.2 Å². The summed E-state index contributed by atoms with van der Waals surface area (Å²) in [5.41, 5.74) is 1.18. The summed E-state index contributed by atoms with van der Waals surface area (Å²) in [4.78, 5) is 30.0. The number of aryl methyl sites for hydroxylation is 1. The molecule has 0 bridgehead atoms. The Morgan fingerprint density at radius 1 is 1.15 bits per heavy atom. The number of benzene rings is 1. The highest BCUT2D eigenvalue weighted by atomic mass is 16.5. The van der Waals surface area contributed by atoms with Crippen LogP contribution in [0.1, 0.15) is 19.1 Å². The van der Waals surface area contributed by atoms with Gasteiger partial charge in [-0.1, -0.05) is 23.4 Å². The molecule has 0 saturated carbocycles. The Morgan fingerprint density at radius 3 is 2.42 bits per heavy atom. The summed E-state index contributed by atoms with van der Waals surface area (Å²) >= 11 is 0. The fourth-order valence-corrected chi connectivity index (χ4v) is 3.13. The second-order valence-corrected chi connectivity index (χ2v) is 6.42. The molecule has 1 saturated heterocycles. The van der Waals surface area contributed by atoms with Crippen LogP contribution in [-0.4, -0.2) is 54.6 Å². The normalized spacial score (nSPS) is 14.4. The molecule has 1 aliphatic rings. The van der Waals surface area contributed by atoms with Crippen LogP contribution in [0.15, 0.2) is 40.9 Å². The number of carbonyl (C=O) groups is 2. The van der Waals surface area contributed by atoms with Crippen molar-refractivity contribution in [1.29, 1.82) is 0 Å². The van der Waals surface area contributed by atoms with E-state index in [1.807, 2.05) is 23.1 Å². The number of aromatic nitrogens is 1. The molecule has 2 aromatic rings. The van der Waals surface area contributed by atoms with Crippen LogP contribution in [0.25, 0.3) is 0 Å².